The summed E-state index contributed by atoms with van der Waals surface area (Å²) in [4.78, 5) is 13.0. The third-order valence-electron chi connectivity index (χ3n) is 2.46. The number of benzene rings is 1. The van der Waals surface area contributed by atoms with Crippen molar-refractivity contribution in [2.45, 2.75) is 13.8 Å². The lowest BCUT2D eigenvalue weighted by Crippen LogP contribution is -2.35. The van der Waals surface area contributed by atoms with Crippen LogP contribution in [0.5, 0.6) is 0 Å². The van der Waals surface area contributed by atoms with E-state index in [1.54, 1.807) is 19.0 Å². The third-order valence-corrected chi connectivity index (χ3v) is 2.46. The number of anilines is 1. The topological polar surface area (TPSA) is 32.3 Å². The predicted molar refractivity (Wildman–Crippen MR) is 58.8 cm³/mol. The van der Waals surface area contributed by atoms with Crippen LogP contribution in [0.2, 0.25) is 0 Å². The highest BCUT2D eigenvalue weighted by molar-refractivity contribution is 5.92. The summed E-state index contributed by atoms with van der Waals surface area (Å²) in [7, 11) is 3.39. The lowest BCUT2D eigenvalue weighted by atomic mass is 10.1. The summed E-state index contributed by atoms with van der Waals surface area (Å²) in [5, 5.41) is 2.60. The highest BCUT2D eigenvalue weighted by Crippen LogP contribution is 2.21. The SMILES string of the molecule is CNC(=O)N(C)c1cccc(C)c1C. The Hall–Kier alpha value is -1.51. The zero-order valence-corrected chi connectivity index (χ0v) is 9.09. The van der Waals surface area contributed by atoms with E-state index in [1.165, 1.54) is 5.56 Å². The molecule has 0 aliphatic heterocycles. The van der Waals surface area contributed by atoms with E-state index < -0.39 is 0 Å². The minimum Gasteiger partial charge on any atom is -0.341 e. The first kappa shape index (κ1) is 10.6. The first-order chi connectivity index (χ1) is 6.57. The first-order valence-corrected chi connectivity index (χ1v) is 4.59. The van der Waals surface area contributed by atoms with Crippen molar-refractivity contribution in [3.63, 3.8) is 0 Å². The van der Waals surface area contributed by atoms with Gasteiger partial charge in [0.1, 0.15) is 0 Å². The Morgan fingerprint density at radius 1 is 1.36 bits per heavy atom. The number of carbonyl (C=O) groups excluding carboxylic acids is 1. The van der Waals surface area contributed by atoms with Crippen LogP contribution in [-0.4, -0.2) is 20.1 Å². The molecule has 1 rings (SSSR count). The zero-order chi connectivity index (χ0) is 10.7. The summed E-state index contributed by atoms with van der Waals surface area (Å²) in [5.74, 6) is 0. The predicted octanol–water partition coefficient (Wildman–Crippen LogP) is 2.08. The van der Waals surface area contributed by atoms with E-state index in [0.29, 0.717) is 0 Å². The minimum absolute atomic E-state index is 0.0984. The lowest BCUT2D eigenvalue weighted by Gasteiger charge is -2.19. The van der Waals surface area contributed by atoms with Crippen LogP contribution in [-0.2, 0) is 0 Å². The maximum Gasteiger partial charge on any atom is 0.321 e. The van der Waals surface area contributed by atoms with Crippen LogP contribution < -0.4 is 10.2 Å². The number of amides is 2. The van der Waals surface area contributed by atoms with Gasteiger partial charge in [0, 0.05) is 19.8 Å². The average molecular weight is 192 g/mol. The van der Waals surface area contributed by atoms with Gasteiger partial charge in [-0.2, -0.15) is 0 Å². The number of urea groups is 1. The molecule has 0 unspecified atom stereocenters. The van der Waals surface area contributed by atoms with Crippen LogP contribution in [0.3, 0.4) is 0 Å². The summed E-state index contributed by atoms with van der Waals surface area (Å²) < 4.78 is 0. The van der Waals surface area contributed by atoms with Gasteiger partial charge < -0.3 is 5.32 Å². The van der Waals surface area contributed by atoms with Crippen LogP contribution in [0.25, 0.3) is 0 Å². The van der Waals surface area contributed by atoms with E-state index in [4.69, 9.17) is 0 Å². The molecule has 0 heterocycles. The quantitative estimate of drug-likeness (QED) is 0.726. The normalized spacial score (nSPS) is 9.71. The molecule has 0 bridgehead atoms. The highest BCUT2D eigenvalue weighted by Gasteiger charge is 2.11. The summed E-state index contributed by atoms with van der Waals surface area (Å²) in [5.41, 5.74) is 3.28. The van der Waals surface area contributed by atoms with E-state index in [9.17, 15) is 4.79 Å². The highest BCUT2D eigenvalue weighted by atomic mass is 16.2. The maximum atomic E-state index is 11.4. The molecule has 0 atom stereocenters. The van der Waals surface area contributed by atoms with Crippen LogP contribution in [0.4, 0.5) is 10.5 Å². The summed E-state index contributed by atoms with van der Waals surface area (Å²) in [6, 6.07) is 5.84. The van der Waals surface area contributed by atoms with Crippen LogP contribution in [0, 0.1) is 13.8 Å². The van der Waals surface area contributed by atoms with E-state index in [-0.39, 0.29) is 6.03 Å². The van der Waals surface area contributed by atoms with Crippen LogP contribution in [0.15, 0.2) is 18.2 Å². The van der Waals surface area contributed by atoms with Gasteiger partial charge in [0.05, 0.1) is 0 Å². The van der Waals surface area contributed by atoms with Gasteiger partial charge in [0.15, 0.2) is 0 Å². The molecule has 0 aliphatic rings. The number of nitrogens with zero attached hydrogens (tertiary/aromatic N) is 1. The molecule has 0 fully saturated rings. The second-order valence-electron chi connectivity index (χ2n) is 3.33. The summed E-state index contributed by atoms with van der Waals surface area (Å²) in [6.45, 7) is 4.06. The molecule has 2 amide bonds. The Labute approximate surface area is 84.7 Å². The molecule has 0 aromatic heterocycles. The fourth-order valence-corrected chi connectivity index (χ4v) is 1.38. The largest absolute Gasteiger partial charge is 0.341 e. The van der Waals surface area contributed by atoms with Gasteiger partial charge in [-0.3, -0.25) is 4.90 Å². The van der Waals surface area contributed by atoms with Crippen molar-refractivity contribution in [2.24, 2.45) is 0 Å². The molecule has 0 saturated carbocycles. The fourth-order valence-electron chi connectivity index (χ4n) is 1.38. The van der Waals surface area contributed by atoms with Crippen molar-refractivity contribution in [3.8, 4) is 0 Å². The van der Waals surface area contributed by atoms with Crippen LogP contribution in [0.1, 0.15) is 11.1 Å². The van der Waals surface area contributed by atoms with Crippen molar-refractivity contribution >= 4 is 11.7 Å². The number of hydrogen-bond acceptors (Lipinski definition) is 1. The number of hydrogen-bond donors (Lipinski definition) is 1. The van der Waals surface area contributed by atoms with Gasteiger partial charge in [-0.15, -0.1) is 0 Å². The van der Waals surface area contributed by atoms with Gasteiger partial charge in [-0.25, -0.2) is 4.79 Å². The van der Waals surface area contributed by atoms with Crippen molar-refractivity contribution in [1.82, 2.24) is 5.32 Å². The van der Waals surface area contributed by atoms with Gasteiger partial charge in [-0.1, -0.05) is 12.1 Å². The second-order valence-corrected chi connectivity index (χ2v) is 3.33. The van der Waals surface area contributed by atoms with Gasteiger partial charge in [0.2, 0.25) is 0 Å². The Kier molecular flexibility index (Phi) is 3.12. The Balaban J connectivity index is 3.07. The fraction of sp³-hybridized carbons (Fsp3) is 0.364. The zero-order valence-electron chi connectivity index (χ0n) is 9.09. The molecule has 0 spiro atoms. The number of aryl methyl sites for hydroxylation is 1. The molecular formula is C11H16N2O. The first-order valence-electron chi connectivity index (χ1n) is 4.59. The molecule has 14 heavy (non-hydrogen) atoms. The van der Waals surface area contributed by atoms with E-state index in [1.807, 2.05) is 32.0 Å². The molecule has 3 nitrogen and oxygen atoms in total. The lowest BCUT2D eigenvalue weighted by molar-refractivity contribution is 0.249. The van der Waals surface area contributed by atoms with E-state index in [2.05, 4.69) is 5.32 Å². The maximum absolute atomic E-state index is 11.4. The molecule has 3 heteroatoms. The molecule has 1 aromatic carbocycles. The smallest absolute Gasteiger partial charge is 0.321 e. The van der Waals surface area contributed by atoms with Crippen molar-refractivity contribution in [1.29, 1.82) is 0 Å². The Morgan fingerprint density at radius 3 is 2.57 bits per heavy atom. The molecule has 76 valence electrons. The molecule has 1 aromatic rings. The van der Waals surface area contributed by atoms with Gasteiger partial charge in [0.25, 0.3) is 0 Å². The van der Waals surface area contributed by atoms with Gasteiger partial charge >= 0.3 is 6.03 Å². The van der Waals surface area contributed by atoms with Gasteiger partial charge in [-0.05, 0) is 31.0 Å². The summed E-state index contributed by atoms with van der Waals surface area (Å²) >= 11 is 0. The molecule has 1 N–H and O–H groups in total. The number of carbonyl (C=O) groups is 1. The van der Waals surface area contributed by atoms with Crippen molar-refractivity contribution < 1.29 is 4.79 Å². The average Bonchev–Trinajstić information content (AvgIpc) is 2.20. The monoisotopic (exact) mass is 192 g/mol. The molecule has 0 saturated heterocycles. The Bertz CT molecular complexity index is 347. The Morgan fingerprint density at radius 2 is 2.00 bits per heavy atom. The van der Waals surface area contributed by atoms with E-state index >= 15 is 0 Å². The molecule has 0 radical (unpaired) electrons. The van der Waals surface area contributed by atoms with Crippen LogP contribution >= 0.6 is 0 Å². The molecule has 0 aliphatic carbocycles. The number of rotatable bonds is 1. The third kappa shape index (κ3) is 1.87. The summed E-state index contributed by atoms with van der Waals surface area (Å²) in [6.07, 6.45) is 0. The standard InChI is InChI=1S/C11H16N2O/c1-8-6-5-7-10(9(8)2)13(4)11(14)12-3/h5-7H,1-4H3,(H,12,14). The van der Waals surface area contributed by atoms with Crippen molar-refractivity contribution in [3.05, 3.63) is 29.3 Å². The second kappa shape index (κ2) is 4.13. The van der Waals surface area contributed by atoms with Crippen molar-refractivity contribution in [2.75, 3.05) is 19.0 Å². The minimum atomic E-state index is -0.0984. The number of nitrogens with one attached hydrogen (secondary N) is 1. The molecular weight excluding hydrogens is 176 g/mol. The van der Waals surface area contributed by atoms with E-state index in [0.717, 1.165) is 11.3 Å².